The largest absolute Gasteiger partial charge is 0.361 e. The number of rotatable bonds is 0. The molecule has 1 heterocycles. The molecule has 1 aromatic carbocycles. The fraction of sp³-hybridized carbons (Fsp3) is 0. The van der Waals surface area contributed by atoms with E-state index in [1.807, 2.05) is 12.3 Å². The first-order valence-corrected chi connectivity index (χ1v) is 3.83. The summed E-state index contributed by atoms with van der Waals surface area (Å²) < 4.78 is 0. The van der Waals surface area contributed by atoms with Crippen LogP contribution in [0.5, 0.6) is 0 Å². The first-order valence-electron chi connectivity index (χ1n) is 3.45. The van der Waals surface area contributed by atoms with Crippen molar-refractivity contribution in [3.63, 3.8) is 0 Å². The van der Waals surface area contributed by atoms with Gasteiger partial charge in [-0.05, 0) is 23.6 Å². The summed E-state index contributed by atoms with van der Waals surface area (Å²) in [6.45, 7) is 6.84. The molecule has 0 spiro atoms. The zero-order valence-electron chi connectivity index (χ0n) is 6.13. The van der Waals surface area contributed by atoms with E-state index in [0.29, 0.717) is 10.7 Å². The molecule has 0 aliphatic rings. The van der Waals surface area contributed by atoms with Gasteiger partial charge in [-0.2, -0.15) is 0 Å². The SMILES string of the molecule is [C-]#[N+]c1cc2cc[nH]c2cc1Cl. The van der Waals surface area contributed by atoms with Crippen LogP contribution in [-0.2, 0) is 0 Å². The summed E-state index contributed by atoms with van der Waals surface area (Å²) in [5.74, 6) is 0. The van der Waals surface area contributed by atoms with Crippen molar-refractivity contribution < 1.29 is 0 Å². The van der Waals surface area contributed by atoms with Crippen molar-refractivity contribution in [2.24, 2.45) is 0 Å². The van der Waals surface area contributed by atoms with E-state index >= 15 is 0 Å². The van der Waals surface area contributed by atoms with Gasteiger partial charge in [-0.15, -0.1) is 0 Å². The Morgan fingerprint density at radius 2 is 2.25 bits per heavy atom. The Bertz CT molecular complexity index is 465. The van der Waals surface area contributed by atoms with Gasteiger partial charge in [-0.3, -0.25) is 0 Å². The highest BCUT2D eigenvalue weighted by Crippen LogP contribution is 2.29. The number of nitrogens with one attached hydrogen (secondary N) is 1. The molecule has 0 bridgehead atoms. The third-order valence-electron chi connectivity index (χ3n) is 1.74. The van der Waals surface area contributed by atoms with Crippen LogP contribution in [0.25, 0.3) is 15.7 Å². The van der Waals surface area contributed by atoms with Gasteiger partial charge in [0.15, 0.2) is 0 Å². The molecule has 0 radical (unpaired) electrons. The number of aromatic amines is 1. The van der Waals surface area contributed by atoms with Crippen molar-refractivity contribution in [3.8, 4) is 0 Å². The molecular formula is C9H5ClN2. The lowest BCUT2D eigenvalue weighted by Crippen LogP contribution is -1.68. The Hall–Kier alpha value is -1.46. The second-order valence-corrected chi connectivity index (χ2v) is 2.89. The van der Waals surface area contributed by atoms with Gasteiger partial charge < -0.3 is 4.98 Å². The van der Waals surface area contributed by atoms with E-state index < -0.39 is 0 Å². The van der Waals surface area contributed by atoms with Gasteiger partial charge in [-0.25, -0.2) is 4.85 Å². The summed E-state index contributed by atoms with van der Waals surface area (Å²) in [5, 5.41) is 1.52. The Labute approximate surface area is 74.6 Å². The first-order chi connectivity index (χ1) is 5.81. The fourth-order valence-electron chi connectivity index (χ4n) is 1.15. The van der Waals surface area contributed by atoms with Gasteiger partial charge in [0.05, 0.1) is 6.57 Å². The van der Waals surface area contributed by atoms with Crippen molar-refractivity contribution in [2.45, 2.75) is 0 Å². The predicted molar refractivity (Wildman–Crippen MR) is 49.6 cm³/mol. The molecule has 0 amide bonds. The molecule has 0 aliphatic heterocycles. The molecule has 58 valence electrons. The van der Waals surface area contributed by atoms with E-state index in [0.717, 1.165) is 10.9 Å². The lowest BCUT2D eigenvalue weighted by molar-refractivity contribution is 1.48. The summed E-state index contributed by atoms with van der Waals surface area (Å²) in [6.07, 6.45) is 1.83. The fourth-order valence-corrected chi connectivity index (χ4v) is 1.35. The molecule has 2 aromatic rings. The molecule has 0 saturated carbocycles. The maximum Gasteiger partial charge on any atom is 0.206 e. The van der Waals surface area contributed by atoms with Crippen molar-refractivity contribution >= 4 is 28.2 Å². The Kier molecular flexibility index (Phi) is 1.53. The van der Waals surface area contributed by atoms with Crippen LogP contribution < -0.4 is 0 Å². The topological polar surface area (TPSA) is 20.1 Å². The van der Waals surface area contributed by atoms with Gasteiger partial charge in [0.25, 0.3) is 0 Å². The minimum absolute atomic E-state index is 0.500. The van der Waals surface area contributed by atoms with Crippen LogP contribution in [0.15, 0.2) is 24.4 Å². The van der Waals surface area contributed by atoms with Crippen LogP contribution in [0, 0.1) is 6.57 Å². The van der Waals surface area contributed by atoms with Gasteiger partial charge in [0.2, 0.25) is 5.69 Å². The zero-order valence-corrected chi connectivity index (χ0v) is 6.89. The van der Waals surface area contributed by atoms with Gasteiger partial charge >= 0.3 is 0 Å². The molecule has 0 aliphatic carbocycles. The number of fused-ring (bicyclic) bond motifs is 1. The molecule has 1 N–H and O–H groups in total. The van der Waals surface area contributed by atoms with E-state index in [1.165, 1.54) is 0 Å². The minimum atomic E-state index is 0.500. The summed E-state index contributed by atoms with van der Waals surface area (Å²) in [7, 11) is 0. The van der Waals surface area contributed by atoms with E-state index in [1.54, 1.807) is 12.1 Å². The molecule has 3 heteroatoms. The van der Waals surface area contributed by atoms with E-state index in [4.69, 9.17) is 18.2 Å². The summed E-state index contributed by atoms with van der Waals surface area (Å²) in [6, 6.07) is 5.46. The van der Waals surface area contributed by atoms with Crippen LogP contribution >= 0.6 is 11.6 Å². The van der Waals surface area contributed by atoms with Gasteiger partial charge in [-0.1, -0.05) is 11.6 Å². The number of hydrogen-bond donors (Lipinski definition) is 1. The Morgan fingerprint density at radius 3 is 3.00 bits per heavy atom. The van der Waals surface area contributed by atoms with E-state index in [2.05, 4.69) is 9.83 Å². The summed E-state index contributed by atoms with van der Waals surface area (Å²) >= 11 is 5.83. The molecule has 0 unspecified atom stereocenters. The van der Waals surface area contributed by atoms with Crippen molar-refractivity contribution in [1.82, 2.24) is 4.98 Å². The van der Waals surface area contributed by atoms with Crippen LogP contribution in [0.1, 0.15) is 0 Å². The van der Waals surface area contributed by atoms with Crippen molar-refractivity contribution in [1.29, 1.82) is 0 Å². The number of aromatic nitrogens is 1. The van der Waals surface area contributed by atoms with Crippen LogP contribution in [0.4, 0.5) is 5.69 Å². The number of halogens is 1. The number of nitrogens with zero attached hydrogens (tertiary/aromatic N) is 1. The van der Waals surface area contributed by atoms with Crippen LogP contribution in [0.3, 0.4) is 0 Å². The summed E-state index contributed by atoms with van der Waals surface area (Å²) in [5.41, 5.74) is 1.47. The molecule has 12 heavy (non-hydrogen) atoms. The maximum atomic E-state index is 6.84. The monoisotopic (exact) mass is 176 g/mol. The summed E-state index contributed by atoms with van der Waals surface area (Å²) in [4.78, 5) is 6.33. The average Bonchev–Trinajstić information content (AvgIpc) is 2.49. The molecular weight excluding hydrogens is 172 g/mol. The highest BCUT2D eigenvalue weighted by atomic mass is 35.5. The average molecular weight is 177 g/mol. The van der Waals surface area contributed by atoms with Crippen LogP contribution in [-0.4, -0.2) is 4.98 Å². The zero-order chi connectivity index (χ0) is 8.55. The lowest BCUT2D eigenvalue weighted by atomic mass is 10.2. The number of hydrogen-bond acceptors (Lipinski definition) is 0. The van der Waals surface area contributed by atoms with Gasteiger partial charge in [0, 0.05) is 16.7 Å². The molecule has 0 saturated heterocycles. The van der Waals surface area contributed by atoms with E-state index in [-0.39, 0.29) is 0 Å². The number of benzene rings is 1. The highest BCUT2D eigenvalue weighted by molar-refractivity contribution is 6.34. The van der Waals surface area contributed by atoms with Crippen LogP contribution in [0.2, 0.25) is 5.02 Å². The maximum absolute atomic E-state index is 6.84. The second kappa shape index (κ2) is 2.54. The lowest BCUT2D eigenvalue weighted by Gasteiger charge is -1.94. The normalized spacial score (nSPS) is 10.0. The molecule has 2 rings (SSSR count). The smallest absolute Gasteiger partial charge is 0.206 e. The molecule has 1 aromatic heterocycles. The van der Waals surface area contributed by atoms with Crippen molar-refractivity contribution in [3.05, 3.63) is 40.8 Å². The first kappa shape index (κ1) is 7.20. The quantitative estimate of drug-likeness (QED) is 0.594. The third kappa shape index (κ3) is 0.956. The van der Waals surface area contributed by atoms with Crippen molar-refractivity contribution in [2.75, 3.05) is 0 Å². The van der Waals surface area contributed by atoms with Gasteiger partial charge in [0.1, 0.15) is 0 Å². The van der Waals surface area contributed by atoms with E-state index in [9.17, 15) is 0 Å². The predicted octanol–water partition coefficient (Wildman–Crippen LogP) is 3.37. The second-order valence-electron chi connectivity index (χ2n) is 2.48. The number of H-pyrrole nitrogens is 1. The Balaban J connectivity index is 2.84. The minimum Gasteiger partial charge on any atom is -0.361 e. The molecule has 0 atom stereocenters. The Morgan fingerprint density at radius 1 is 1.42 bits per heavy atom. The molecule has 2 nitrogen and oxygen atoms in total. The highest BCUT2D eigenvalue weighted by Gasteiger charge is 2.02. The molecule has 0 fully saturated rings. The third-order valence-corrected chi connectivity index (χ3v) is 2.04. The standard InChI is InChI=1S/C9H5ClN2/c1-11-9-4-6-2-3-12-8(6)5-7(9)10/h2-5,12H.